The van der Waals surface area contributed by atoms with E-state index < -0.39 is 41.6 Å². The van der Waals surface area contributed by atoms with Gasteiger partial charge >= 0.3 is 6.09 Å². The third kappa shape index (κ3) is 5.11. The molecule has 0 aromatic heterocycles. The van der Waals surface area contributed by atoms with Crippen LogP contribution >= 0.6 is 11.6 Å². The Morgan fingerprint density at radius 1 is 1.43 bits per heavy atom. The number of ether oxygens (including phenoxy) is 1. The van der Waals surface area contributed by atoms with E-state index in [0.29, 0.717) is 0 Å². The Labute approximate surface area is 166 Å². The minimum absolute atomic E-state index is 0.0111. The van der Waals surface area contributed by atoms with E-state index in [1.54, 1.807) is 26.8 Å². The van der Waals surface area contributed by atoms with Crippen LogP contribution in [0.5, 0.6) is 0 Å². The predicted molar refractivity (Wildman–Crippen MR) is 99.3 cm³/mol. The Bertz CT molecular complexity index is 809. The fraction of sp³-hybridized carbons (Fsp3) is 0.556. The third-order valence-electron chi connectivity index (χ3n) is 4.22. The molecule has 1 fully saturated rings. The molecule has 0 N–H and O–H groups in total. The maximum absolute atomic E-state index is 14.8. The van der Waals surface area contributed by atoms with Crippen LogP contribution in [-0.2, 0) is 16.0 Å². The highest BCUT2D eigenvalue weighted by Gasteiger charge is 2.48. The van der Waals surface area contributed by atoms with Gasteiger partial charge in [0.25, 0.3) is 0 Å². The van der Waals surface area contributed by atoms with E-state index in [1.165, 1.54) is 12.1 Å². The highest BCUT2D eigenvalue weighted by atomic mass is 35.5. The number of likely N-dealkylation sites (tertiary alicyclic amines) is 1. The molecular weight excluding hydrogens is 394 g/mol. The zero-order chi connectivity index (χ0) is 21.1. The summed E-state index contributed by atoms with van der Waals surface area (Å²) >= 11 is 5.72. The van der Waals surface area contributed by atoms with Crippen molar-refractivity contribution in [2.24, 2.45) is 5.11 Å². The van der Waals surface area contributed by atoms with Crippen LogP contribution in [-0.4, -0.2) is 47.2 Å². The lowest BCUT2D eigenvalue weighted by molar-refractivity contribution is -0.124. The van der Waals surface area contributed by atoms with Gasteiger partial charge < -0.3 is 4.74 Å². The second-order valence-electron chi connectivity index (χ2n) is 7.47. The second-order valence-corrected chi connectivity index (χ2v) is 7.88. The van der Waals surface area contributed by atoms with Gasteiger partial charge in [-0.1, -0.05) is 28.8 Å². The molecule has 1 aromatic carbocycles. The summed E-state index contributed by atoms with van der Waals surface area (Å²) in [5.41, 5.74) is 7.97. The molecule has 1 saturated heterocycles. The van der Waals surface area contributed by atoms with Crippen molar-refractivity contribution >= 4 is 23.5 Å². The molecule has 1 aliphatic heterocycles. The normalized spacial score (nSPS) is 21.9. The summed E-state index contributed by atoms with van der Waals surface area (Å²) in [6.07, 6.45) is -2.98. The van der Waals surface area contributed by atoms with Crippen LogP contribution in [0.4, 0.5) is 13.6 Å². The quantitative estimate of drug-likeness (QED) is 0.399. The van der Waals surface area contributed by atoms with Crippen molar-refractivity contribution < 1.29 is 23.1 Å². The average Bonchev–Trinajstić information content (AvgIpc) is 2.92. The molecule has 10 heteroatoms. The SMILES string of the molecule is CC(C)(C)OC(=O)N1C[C@@H](N=[N+]=[N-])[C@H](F)[C@H]1C(=O)CCc1cccc(Cl)c1F. The van der Waals surface area contributed by atoms with E-state index in [-0.39, 0.29) is 30.0 Å². The molecular formula is C18H21ClF2N4O3. The molecule has 0 bridgehead atoms. The van der Waals surface area contributed by atoms with E-state index in [1.807, 2.05) is 0 Å². The molecule has 1 aromatic rings. The van der Waals surface area contributed by atoms with Gasteiger partial charge in [-0.05, 0) is 44.4 Å². The number of azide groups is 1. The molecule has 1 heterocycles. The highest BCUT2D eigenvalue weighted by Crippen LogP contribution is 2.28. The fourth-order valence-corrected chi connectivity index (χ4v) is 3.17. The van der Waals surface area contributed by atoms with E-state index >= 15 is 0 Å². The smallest absolute Gasteiger partial charge is 0.411 e. The van der Waals surface area contributed by atoms with Crippen LogP contribution in [0.2, 0.25) is 5.02 Å². The van der Waals surface area contributed by atoms with Crippen LogP contribution in [0.1, 0.15) is 32.8 Å². The lowest BCUT2D eigenvalue weighted by atomic mass is 9.99. The number of ketones is 1. The van der Waals surface area contributed by atoms with Gasteiger partial charge in [-0.3, -0.25) is 9.69 Å². The van der Waals surface area contributed by atoms with Crippen LogP contribution < -0.4 is 0 Å². The summed E-state index contributed by atoms with van der Waals surface area (Å²) in [7, 11) is 0. The Balaban J connectivity index is 2.19. The van der Waals surface area contributed by atoms with E-state index in [9.17, 15) is 18.4 Å². The second kappa shape index (κ2) is 8.75. The number of hydrogen-bond acceptors (Lipinski definition) is 4. The van der Waals surface area contributed by atoms with Crippen LogP contribution in [0, 0.1) is 5.82 Å². The van der Waals surface area contributed by atoms with Gasteiger partial charge in [0.1, 0.15) is 23.6 Å². The van der Waals surface area contributed by atoms with Gasteiger partial charge in [-0.15, -0.1) is 0 Å². The number of nitrogens with zero attached hydrogens (tertiary/aromatic N) is 4. The van der Waals surface area contributed by atoms with Crippen molar-refractivity contribution in [2.75, 3.05) is 6.54 Å². The van der Waals surface area contributed by atoms with Gasteiger partial charge in [-0.25, -0.2) is 13.6 Å². The van der Waals surface area contributed by atoms with Crippen molar-refractivity contribution in [3.8, 4) is 0 Å². The summed E-state index contributed by atoms with van der Waals surface area (Å²) in [6.45, 7) is 4.63. The lowest BCUT2D eigenvalue weighted by Crippen LogP contribution is -2.46. The molecule has 3 atom stereocenters. The molecule has 0 unspecified atom stereocenters. The monoisotopic (exact) mass is 414 g/mol. The van der Waals surface area contributed by atoms with Crippen molar-refractivity contribution in [2.45, 2.75) is 57.5 Å². The average molecular weight is 415 g/mol. The molecule has 0 radical (unpaired) electrons. The molecule has 1 aliphatic rings. The first-order valence-corrected chi connectivity index (χ1v) is 9.06. The molecule has 2 rings (SSSR count). The number of alkyl halides is 1. The van der Waals surface area contributed by atoms with Crippen LogP contribution in [0.3, 0.4) is 0 Å². The number of rotatable bonds is 5. The maximum Gasteiger partial charge on any atom is 0.411 e. The van der Waals surface area contributed by atoms with Crippen molar-refractivity contribution in [1.29, 1.82) is 0 Å². The summed E-state index contributed by atoms with van der Waals surface area (Å²) in [5.74, 6) is -1.26. The summed E-state index contributed by atoms with van der Waals surface area (Å²) in [4.78, 5) is 28.6. The molecule has 0 spiro atoms. The number of carbonyl (C=O) groups is 2. The maximum atomic E-state index is 14.8. The number of aryl methyl sites for hydroxylation is 1. The van der Waals surface area contributed by atoms with Gasteiger partial charge in [-0.2, -0.15) is 0 Å². The number of hydrogen-bond donors (Lipinski definition) is 0. The lowest BCUT2D eigenvalue weighted by Gasteiger charge is -2.28. The fourth-order valence-electron chi connectivity index (χ4n) is 2.97. The van der Waals surface area contributed by atoms with E-state index in [4.69, 9.17) is 21.9 Å². The Kier molecular flexibility index (Phi) is 6.85. The number of carbonyl (C=O) groups excluding carboxylic acids is 2. The minimum Gasteiger partial charge on any atom is -0.444 e. The van der Waals surface area contributed by atoms with E-state index in [2.05, 4.69) is 10.0 Å². The molecule has 1 amide bonds. The van der Waals surface area contributed by atoms with Gasteiger partial charge in [0.05, 0.1) is 11.1 Å². The topological polar surface area (TPSA) is 95.4 Å². The molecule has 7 nitrogen and oxygen atoms in total. The first-order chi connectivity index (χ1) is 13.0. The van der Waals surface area contributed by atoms with Gasteiger partial charge in [0, 0.05) is 17.9 Å². The van der Waals surface area contributed by atoms with Crippen LogP contribution in [0.25, 0.3) is 10.4 Å². The number of Topliss-reactive ketones (excluding diaryl/α,β-unsaturated/α-hetero) is 1. The van der Waals surface area contributed by atoms with Crippen molar-refractivity contribution in [3.63, 3.8) is 0 Å². The zero-order valence-corrected chi connectivity index (χ0v) is 16.5. The zero-order valence-electron chi connectivity index (χ0n) is 15.7. The molecule has 0 aliphatic carbocycles. The third-order valence-corrected chi connectivity index (χ3v) is 4.51. The largest absolute Gasteiger partial charge is 0.444 e. The molecule has 152 valence electrons. The standard InChI is InChI=1S/C18H21ClF2N4O3/c1-18(2,3)28-17(27)25-9-12(23-24-22)15(21)16(25)13(26)8-7-10-5-4-6-11(19)14(10)20/h4-6,12,15-16H,7-9H2,1-3H3/t12-,15+,16-/m1/s1. The molecule has 28 heavy (non-hydrogen) atoms. The Morgan fingerprint density at radius 2 is 2.11 bits per heavy atom. The molecule has 0 saturated carbocycles. The van der Waals surface area contributed by atoms with Crippen molar-refractivity contribution in [1.82, 2.24) is 4.90 Å². The first kappa shape index (κ1) is 21.9. The predicted octanol–water partition coefficient (Wildman–Crippen LogP) is 4.62. The summed E-state index contributed by atoms with van der Waals surface area (Å²) in [5, 5.41) is 3.26. The van der Waals surface area contributed by atoms with Gasteiger partial charge in [0.15, 0.2) is 5.78 Å². The van der Waals surface area contributed by atoms with E-state index in [0.717, 1.165) is 4.90 Å². The Hall–Kier alpha value is -2.38. The highest BCUT2D eigenvalue weighted by molar-refractivity contribution is 6.30. The summed E-state index contributed by atoms with van der Waals surface area (Å²) < 4.78 is 34.0. The van der Waals surface area contributed by atoms with Crippen LogP contribution in [0.15, 0.2) is 23.3 Å². The van der Waals surface area contributed by atoms with Crippen molar-refractivity contribution in [3.05, 3.63) is 45.0 Å². The number of benzene rings is 1. The van der Waals surface area contributed by atoms with Gasteiger partial charge in [0.2, 0.25) is 0 Å². The number of amides is 1. The first-order valence-electron chi connectivity index (χ1n) is 8.68. The summed E-state index contributed by atoms with van der Waals surface area (Å²) in [6, 6.07) is 1.74. The Morgan fingerprint density at radius 3 is 2.71 bits per heavy atom. The minimum atomic E-state index is -1.87. The number of halogens is 3.